The fraction of sp³-hybridized carbons (Fsp3) is 0.462. The molecule has 2 N–H and O–H groups in total. The number of amides is 1. The number of carbonyl (C=O) groups is 1. The minimum atomic E-state index is -0.837. The first-order valence-electron chi connectivity index (χ1n) is 5.75. The molecular weight excluding hydrogens is 202 g/mol. The summed E-state index contributed by atoms with van der Waals surface area (Å²) in [6.45, 7) is 0.487. The second-order valence-electron chi connectivity index (χ2n) is 4.40. The summed E-state index contributed by atoms with van der Waals surface area (Å²) < 4.78 is 0. The van der Waals surface area contributed by atoms with E-state index in [9.17, 15) is 9.90 Å². The van der Waals surface area contributed by atoms with Crippen molar-refractivity contribution in [1.82, 2.24) is 5.32 Å². The molecule has 0 radical (unpaired) electrons. The van der Waals surface area contributed by atoms with Crippen LogP contribution in [-0.2, 0) is 11.3 Å². The molecule has 3 nitrogen and oxygen atoms in total. The average Bonchev–Trinajstić information content (AvgIpc) is 3.11. The van der Waals surface area contributed by atoms with Crippen LogP contribution in [0.2, 0.25) is 0 Å². The second kappa shape index (κ2) is 5.12. The Labute approximate surface area is 95.5 Å². The Morgan fingerprint density at radius 3 is 2.69 bits per heavy atom. The van der Waals surface area contributed by atoms with Crippen LogP contribution in [0.5, 0.6) is 0 Å². The van der Waals surface area contributed by atoms with Crippen molar-refractivity contribution in [3.05, 3.63) is 35.9 Å². The molecule has 1 aliphatic rings. The van der Waals surface area contributed by atoms with Gasteiger partial charge >= 0.3 is 0 Å². The second-order valence-corrected chi connectivity index (χ2v) is 4.40. The van der Waals surface area contributed by atoms with Gasteiger partial charge in [0.25, 0.3) is 0 Å². The minimum Gasteiger partial charge on any atom is -0.383 e. The van der Waals surface area contributed by atoms with E-state index in [1.165, 1.54) is 0 Å². The zero-order valence-electron chi connectivity index (χ0n) is 9.23. The highest BCUT2D eigenvalue weighted by molar-refractivity contribution is 5.80. The monoisotopic (exact) mass is 219 g/mol. The Kier molecular flexibility index (Phi) is 3.57. The van der Waals surface area contributed by atoms with E-state index in [2.05, 4.69) is 5.32 Å². The molecule has 1 amide bonds. The maximum absolute atomic E-state index is 11.5. The molecule has 1 unspecified atom stereocenters. The summed E-state index contributed by atoms with van der Waals surface area (Å²) in [5, 5.41) is 12.3. The van der Waals surface area contributed by atoms with E-state index in [-0.39, 0.29) is 5.91 Å². The van der Waals surface area contributed by atoms with Crippen LogP contribution < -0.4 is 5.32 Å². The van der Waals surface area contributed by atoms with E-state index in [4.69, 9.17) is 0 Å². The Morgan fingerprint density at radius 2 is 2.06 bits per heavy atom. The molecule has 1 aliphatic carbocycles. The summed E-state index contributed by atoms with van der Waals surface area (Å²) in [6.07, 6.45) is 2.09. The molecule has 3 heteroatoms. The highest BCUT2D eigenvalue weighted by atomic mass is 16.3. The SMILES string of the molecule is O=C(NCc1ccccc1)C(O)CC1CC1. The van der Waals surface area contributed by atoms with Crippen LogP contribution in [0.3, 0.4) is 0 Å². The molecule has 0 aromatic heterocycles. The molecule has 0 heterocycles. The lowest BCUT2D eigenvalue weighted by atomic mass is 10.1. The van der Waals surface area contributed by atoms with Crippen molar-refractivity contribution in [3.8, 4) is 0 Å². The molecular formula is C13H17NO2. The van der Waals surface area contributed by atoms with Crippen LogP contribution in [0, 0.1) is 5.92 Å². The van der Waals surface area contributed by atoms with Crippen molar-refractivity contribution >= 4 is 5.91 Å². The van der Waals surface area contributed by atoms with Crippen molar-refractivity contribution in [1.29, 1.82) is 0 Å². The van der Waals surface area contributed by atoms with Gasteiger partial charge in [-0.3, -0.25) is 4.79 Å². The zero-order chi connectivity index (χ0) is 11.4. The lowest BCUT2D eigenvalue weighted by Gasteiger charge is -2.10. The summed E-state index contributed by atoms with van der Waals surface area (Å²) in [7, 11) is 0. The third-order valence-electron chi connectivity index (χ3n) is 2.87. The first-order chi connectivity index (χ1) is 7.75. The first-order valence-corrected chi connectivity index (χ1v) is 5.75. The maximum atomic E-state index is 11.5. The predicted molar refractivity (Wildman–Crippen MR) is 61.6 cm³/mol. The fourth-order valence-corrected chi connectivity index (χ4v) is 1.68. The third kappa shape index (κ3) is 3.35. The number of benzene rings is 1. The summed E-state index contributed by atoms with van der Waals surface area (Å²) >= 11 is 0. The fourth-order valence-electron chi connectivity index (χ4n) is 1.68. The number of aliphatic hydroxyl groups excluding tert-OH is 1. The van der Waals surface area contributed by atoms with Gasteiger partial charge in [0, 0.05) is 6.54 Å². The molecule has 1 saturated carbocycles. The molecule has 1 aromatic rings. The summed E-state index contributed by atoms with van der Waals surface area (Å²) in [5.74, 6) is 0.313. The Morgan fingerprint density at radius 1 is 1.38 bits per heavy atom. The number of nitrogens with one attached hydrogen (secondary N) is 1. The molecule has 0 bridgehead atoms. The van der Waals surface area contributed by atoms with Crippen LogP contribution in [0.4, 0.5) is 0 Å². The molecule has 1 aromatic carbocycles. The van der Waals surface area contributed by atoms with E-state index in [1.54, 1.807) is 0 Å². The molecule has 2 rings (SSSR count). The van der Waals surface area contributed by atoms with Crippen LogP contribution in [-0.4, -0.2) is 17.1 Å². The Balaban J connectivity index is 1.74. The van der Waals surface area contributed by atoms with Crippen molar-refractivity contribution in [2.45, 2.75) is 31.9 Å². The average molecular weight is 219 g/mol. The lowest BCUT2D eigenvalue weighted by Crippen LogP contribution is -2.34. The number of hydrogen-bond acceptors (Lipinski definition) is 2. The molecule has 16 heavy (non-hydrogen) atoms. The van der Waals surface area contributed by atoms with E-state index >= 15 is 0 Å². The number of carbonyl (C=O) groups excluding carboxylic acids is 1. The van der Waals surface area contributed by atoms with Gasteiger partial charge in [0.1, 0.15) is 6.10 Å². The summed E-state index contributed by atoms with van der Waals surface area (Å²) in [6, 6.07) is 9.71. The number of rotatable bonds is 5. The van der Waals surface area contributed by atoms with Gasteiger partial charge in [0.15, 0.2) is 0 Å². The predicted octanol–water partition coefficient (Wildman–Crippen LogP) is 1.46. The van der Waals surface area contributed by atoms with Crippen LogP contribution in [0.15, 0.2) is 30.3 Å². The zero-order valence-corrected chi connectivity index (χ0v) is 9.23. The molecule has 0 spiro atoms. The van der Waals surface area contributed by atoms with Gasteiger partial charge in [-0.05, 0) is 17.9 Å². The number of hydrogen-bond donors (Lipinski definition) is 2. The highest BCUT2D eigenvalue weighted by Crippen LogP contribution is 2.33. The van der Waals surface area contributed by atoms with E-state index < -0.39 is 6.10 Å². The first kappa shape index (κ1) is 11.1. The van der Waals surface area contributed by atoms with Gasteiger partial charge in [-0.1, -0.05) is 43.2 Å². The van der Waals surface area contributed by atoms with Gasteiger partial charge in [-0.2, -0.15) is 0 Å². The Hall–Kier alpha value is -1.35. The quantitative estimate of drug-likeness (QED) is 0.787. The third-order valence-corrected chi connectivity index (χ3v) is 2.87. The van der Waals surface area contributed by atoms with Crippen molar-refractivity contribution in [2.24, 2.45) is 5.92 Å². The van der Waals surface area contributed by atoms with Gasteiger partial charge < -0.3 is 10.4 Å². The minimum absolute atomic E-state index is 0.254. The van der Waals surface area contributed by atoms with Gasteiger partial charge in [0.05, 0.1) is 0 Å². The molecule has 1 fully saturated rings. The topological polar surface area (TPSA) is 49.3 Å². The van der Waals surface area contributed by atoms with Crippen LogP contribution in [0.1, 0.15) is 24.8 Å². The summed E-state index contributed by atoms with van der Waals surface area (Å²) in [4.78, 5) is 11.5. The van der Waals surface area contributed by atoms with Crippen molar-refractivity contribution < 1.29 is 9.90 Å². The van der Waals surface area contributed by atoms with Crippen molar-refractivity contribution in [3.63, 3.8) is 0 Å². The molecule has 1 atom stereocenters. The molecule has 0 aliphatic heterocycles. The van der Waals surface area contributed by atoms with Gasteiger partial charge in [0.2, 0.25) is 5.91 Å². The Bertz CT molecular complexity index is 346. The van der Waals surface area contributed by atoms with Crippen LogP contribution >= 0.6 is 0 Å². The summed E-state index contributed by atoms with van der Waals surface area (Å²) in [5.41, 5.74) is 1.05. The van der Waals surface area contributed by atoms with E-state index in [1.807, 2.05) is 30.3 Å². The lowest BCUT2D eigenvalue weighted by molar-refractivity contribution is -0.130. The van der Waals surface area contributed by atoms with E-state index in [0.717, 1.165) is 18.4 Å². The van der Waals surface area contributed by atoms with Crippen molar-refractivity contribution in [2.75, 3.05) is 0 Å². The molecule has 86 valence electrons. The number of aliphatic hydroxyl groups is 1. The van der Waals surface area contributed by atoms with E-state index in [0.29, 0.717) is 18.9 Å². The smallest absolute Gasteiger partial charge is 0.249 e. The highest BCUT2D eigenvalue weighted by Gasteiger charge is 2.27. The largest absolute Gasteiger partial charge is 0.383 e. The normalized spacial score (nSPS) is 16.8. The van der Waals surface area contributed by atoms with Crippen LogP contribution in [0.25, 0.3) is 0 Å². The molecule has 0 saturated heterocycles. The maximum Gasteiger partial charge on any atom is 0.249 e. The van der Waals surface area contributed by atoms with Gasteiger partial charge in [-0.25, -0.2) is 0 Å². The van der Waals surface area contributed by atoms with Gasteiger partial charge in [-0.15, -0.1) is 0 Å². The standard InChI is InChI=1S/C13H17NO2/c15-12(8-10-6-7-10)13(16)14-9-11-4-2-1-3-5-11/h1-5,10,12,15H,6-9H2,(H,14,16).